The first kappa shape index (κ1) is 20.5. The van der Waals surface area contributed by atoms with Crippen LogP contribution in [-0.2, 0) is 12.1 Å². The van der Waals surface area contributed by atoms with Crippen LogP contribution in [0.25, 0.3) is 0 Å². The van der Waals surface area contributed by atoms with Gasteiger partial charge in [0.1, 0.15) is 5.82 Å². The maximum Gasteiger partial charge on any atom is 0.321 e. The van der Waals surface area contributed by atoms with Crippen LogP contribution in [0.2, 0.25) is 0 Å². The summed E-state index contributed by atoms with van der Waals surface area (Å²) < 4.78 is 14.1. The fourth-order valence-electron chi connectivity index (χ4n) is 4.31. The second kappa shape index (κ2) is 7.50. The molecule has 2 aromatic rings. The Morgan fingerprint density at radius 2 is 2.13 bits per heavy atom. The van der Waals surface area contributed by atoms with Crippen molar-refractivity contribution in [2.45, 2.75) is 52.2 Å². The van der Waals surface area contributed by atoms with Crippen LogP contribution in [0.4, 0.5) is 20.8 Å². The van der Waals surface area contributed by atoms with E-state index in [9.17, 15) is 9.18 Å². The number of fused-ring (bicyclic) bond motifs is 1. The molecule has 4 rings (SSSR count). The number of hydrogen-bond donors (Lipinski definition) is 2. The van der Waals surface area contributed by atoms with Gasteiger partial charge < -0.3 is 15.1 Å². The molecule has 30 heavy (non-hydrogen) atoms. The summed E-state index contributed by atoms with van der Waals surface area (Å²) in [5.74, 6) is 0.466. The van der Waals surface area contributed by atoms with Crippen molar-refractivity contribution < 1.29 is 9.18 Å². The number of carbonyl (C=O) groups excluding carboxylic acids is 1. The van der Waals surface area contributed by atoms with Crippen molar-refractivity contribution in [1.29, 1.82) is 0 Å². The summed E-state index contributed by atoms with van der Waals surface area (Å²) in [6, 6.07) is 0.389. The van der Waals surface area contributed by atoms with Crippen LogP contribution in [0.5, 0.6) is 0 Å². The first-order valence-corrected chi connectivity index (χ1v) is 10.3. The van der Waals surface area contributed by atoms with Gasteiger partial charge in [0.15, 0.2) is 17.5 Å². The van der Waals surface area contributed by atoms with Gasteiger partial charge in [-0.1, -0.05) is 6.92 Å². The monoisotopic (exact) mass is 416 g/mol. The number of halogens is 1. The van der Waals surface area contributed by atoms with Crippen molar-refractivity contribution in [3.05, 3.63) is 29.1 Å². The number of H-pyrrole nitrogens is 1. The Hall–Kier alpha value is -2.75. The van der Waals surface area contributed by atoms with Crippen LogP contribution in [0, 0.1) is 12.7 Å². The maximum atomic E-state index is 14.1. The van der Waals surface area contributed by atoms with Gasteiger partial charge in [0, 0.05) is 31.2 Å². The summed E-state index contributed by atoms with van der Waals surface area (Å²) in [7, 11) is 2.11. The zero-order chi connectivity index (χ0) is 21.6. The molecule has 2 aromatic heterocycles. The second-order valence-corrected chi connectivity index (χ2v) is 8.58. The number of rotatable bonds is 3. The Labute approximate surface area is 175 Å². The van der Waals surface area contributed by atoms with Crippen molar-refractivity contribution in [1.82, 2.24) is 34.9 Å². The van der Waals surface area contributed by atoms with E-state index < -0.39 is 11.4 Å². The number of nitrogens with one attached hydrogen (secondary N) is 2. The second-order valence-electron chi connectivity index (χ2n) is 8.58. The van der Waals surface area contributed by atoms with Crippen molar-refractivity contribution in [2.75, 3.05) is 32.0 Å². The maximum absolute atomic E-state index is 14.1. The van der Waals surface area contributed by atoms with E-state index in [4.69, 9.17) is 0 Å². The summed E-state index contributed by atoms with van der Waals surface area (Å²) in [5.41, 5.74) is 1.15. The Balaban J connectivity index is 1.56. The minimum absolute atomic E-state index is 0.0196. The van der Waals surface area contributed by atoms with Gasteiger partial charge >= 0.3 is 6.03 Å². The zero-order valence-electron chi connectivity index (χ0n) is 18.2. The number of urea groups is 1. The molecule has 1 atom stereocenters. The van der Waals surface area contributed by atoms with Crippen molar-refractivity contribution >= 4 is 17.7 Å². The van der Waals surface area contributed by atoms with Gasteiger partial charge in [0.2, 0.25) is 0 Å². The van der Waals surface area contributed by atoms with Crippen LogP contribution in [-0.4, -0.2) is 73.6 Å². The minimum atomic E-state index is -0.551. The highest BCUT2D eigenvalue weighted by molar-refractivity contribution is 5.78. The third kappa shape index (κ3) is 3.38. The number of aromatic nitrogens is 4. The molecular weight excluding hydrogens is 387 g/mol. The highest BCUT2D eigenvalue weighted by Crippen LogP contribution is 2.41. The lowest BCUT2D eigenvalue weighted by Gasteiger charge is -2.43. The van der Waals surface area contributed by atoms with E-state index in [1.165, 1.54) is 0 Å². The van der Waals surface area contributed by atoms with Gasteiger partial charge in [-0.3, -0.25) is 10.00 Å². The van der Waals surface area contributed by atoms with E-state index in [2.05, 4.69) is 44.4 Å². The Morgan fingerprint density at radius 1 is 1.37 bits per heavy atom. The fourth-order valence-corrected chi connectivity index (χ4v) is 4.31. The number of nitrogens with zero attached hydrogens (tertiary/aromatic N) is 6. The minimum Gasteiger partial charge on any atom is -0.322 e. The largest absolute Gasteiger partial charge is 0.322 e. The van der Waals surface area contributed by atoms with Gasteiger partial charge in [0.05, 0.1) is 24.0 Å². The van der Waals surface area contributed by atoms with Gasteiger partial charge in [-0.2, -0.15) is 5.10 Å². The molecule has 1 saturated heterocycles. The smallest absolute Gasteiger partial charge is 0.321 e. The van der Waals surface area contributed by atoms with Crippen LogP contribution < -0.4 is 5.32 Å². The number of carbonyl (C=O) groups is 1. The number of aryl methyl sites for hydroxylation is 1. The highest BCUT2D eigenvalue weighted by Gasteiger charge is 2.45. The van der Waals surface area contributed by atoms with Crippen LogP contribution in [0.3, 0.4) is 0 Å². The van der Waals surface area contributed by atoms with Gasteiger partial charge in [-0.25, -0.2) is 19.2 Å². The van der Waals surface area contributed by atoms with Gasteiger partial charge in [0.25, 0.3) is 0 Å². The van der Waals surface area contributed by atoms with E-state index in [0.717, 1.165) is 37.0 Å². The molecule has 2 amide bonds. The molecule has 0 bridgehead atoms. The third-order valence-corrected chi connectivity index (χ3v) is 6.32. The van der Waals surface area contributed by atoms with Crippen molar-refractivity contribution in [3.63, 3.8) is 0 Å². The molecule has 0 spiro atoms. The number of aromatic amines is 1. The predicted molar refractivity (Wildman–Crippen MR) is 111 cm³/mol. The molecule has 0 aromatic carbocycles. The number of amides is 2. The Bertz CT molecular complexity index is 958. The summed E-state index contributed by atoms with van der Waals surface area (Å²) in [4.78, 5) is 27.5. The van der Waals surface area contributed by atoms with Gasteiger partial charge in [-0.05, 0) is 34.2 Å². The van der Waals surface area contributed by atoms with Gasteiger partial charge in [-0.15, -0.1) is 0 Å². The SMILES string of the molecule is CC[C@@H]1CN(C(=O)N2Cc3c(Nc4nc(C)ncc4F)n[nH]c3C2(C)C)CCN1C. The standard InChI is InChI=1S/C20H29FN8O/c1-6-13-10-28(8-7-27(13)5)19(30)29-11-14-16(20(29,3)4)25-26-17(14)24-18-15(21)9-22-12(2)23-18/h9,13H,6-8,10-11H2,1-5H3,(H2,22,23,24,25,26)/t13-/m1/s1. The molecule has 9 nitrogen and oxygen atoms in total. The molecule has 1 fully saturated rings. The van der Waals surface area contributed by atoms with E-state index in [-0.39, 0.29) is 11.8 Å². The fraction of sp³-hybridized carbons (Fsp3) is 0.600. The third-order valence-electron chi connectivity index (χ3n) is 6.32. The first-order chi connectivity index (χ1) is 14.2. The molecule has 0 saturated carbocycles. The molecule has 2 aliphatic rings. The summed E-state index contributed by atoms with van der Waals surface area (Å²) in [6.07, 6.45) is 2.14. The van der Waals surface area contributed by atoms with Crippen molar-refractivity contribution in [3.8, 4) is 0 Å². The molecule has 2 aliphatic heterocycles. The number of hydrogen-bond acceptors (Lipinski definition) is 6. The lowest BCUT2D eigenvalue weighted by atomic mass is 10.0. The van der Waals surface area contributed by atoms with Crippen LogP contribution in [0.15, 0.2) is 6.20 Å². The van der Waals surface area contributed by atoms with E-state index in [1.54, 1.807) is 6.92 Å². The Morgan fingerprint density at radius 3 is 2.87 bits per heavy atom. The number of likely N-dealkylation sites (N-methyl/N-ethyl adjacent to an activating group) is 1. The average Bonchev–Trinajstić information content (AvgIpc) is 3.23. The lowest BCUT2D eigenvalue weighted by Crippen LogP contribution is -2.57. The quantitative estimate of drug-likeness (QED) is 0.799. The van der Waals surface area contributed by atoms with Crippen LogP contribution >= 0.6 is 0 Å². The summed E-state index contributed by atoms with van der Waals surface area (Å²) >= 11 is 0. The molecule has 2 N–H and O–H groups in total. The molecule has 4 heterocycles. The Kier molecular flexibility index (Phi) is 5.13. The molecule has 10 heteroatoms. The number of anilines is 2. The lowest BCUT2D eigenvalue weighted by molar-refractivity contribution is 0.0662. The van der Waals surface area contributed by atoms with E-state index in [0.29, 0.717) is 30.8 Å². The normalized spacial score (nSPS) is 21.1. The molecule has 0 radical (unpaired) electrons. The molecule has 162 valence electrons. The first-order valence-electron chi connectivity index (χ1n) is 10.3. The summed E-state index contributed by atoms with van der Waals surface area (Å²) in [6.45, 7) is 10.5. The average molecular weight is 417 g/mol. The van der Waals surface area contributed by atoms with E-state index in [1.807, 2.05) is 23.6 Å². The molecule has 0 aliphatic carbocycles. The topological polar surface area (TPSA) is 93.3 Å². The van der Waals surface area contributed by atoms with E-state index >= 15 is 0 Å². The predicted octanol–water partition coefficient (Wildman–Crippen LogP) is 2.59. The number of piperazine rings is 1. The molecule has 0 unspecified atom stereocenters. The zero-order valence-corrected chi connectivity index (χ0v) is 18.2. The highest BCUT2D eigenvalue weighted by atomic mass is 19.1. The van der Waals surface area contributed by atoms with Crippen LogP contribution in [0.1, 0.15) is 44.3 Å². The molecular formula is C20H29FN8O. The van der Waals surface area contributed by atoms with Crippen molar-refractivity contribution in [2.24, 2.45) is 0 Å². The summed E-state index contributed by atoms with van der Waals surface area (Å²) in [5, 5.41) is 10.3.